The second-order valence-corrected chi connectivity index (χ2v) is 7.28. The molecule has 3 amide bonds. The van der Waals surface area contributed by atoms with Crippen LogP contribution in [0.3, 0.4) is 0 Å². The summed E-state index contributed by atoms with van der Waals surface area (Å²) in [6, 6.07) is -2.45. The second kappa shape index (κ2) is 13.6. The van der Waals surface area contributed by atoms with Crippen molar-refractivity contribution in [1.82, 2.24) is 14.7 Å². The van der Waals surface area contributed by atoms with Crippen LogP contribution in [-0.2, 0) is 23.9 Å². The van der Waals surface area contributed by atoms with E-state index in [1.165, 1.54) is 37.0 Å². The lowest BCUT2D eigenvalue weighted by atomic mass is 10.2. The Morgan fingerprint density at radius 2 is 1.33 bits per heavy atom. The predicted octanol–water partition coefficient (Wildman–Crippen LogP) is 2.06. The van der Waals surface area contributed by atoms with Gasteiger partial charge in [0, 0.05) is 21.1 Å². The van der Waals surface area contributed by atoms with Crippen molar-refractivity contribution in [3.8, 4) is 0 Å². The van der Waals surface area contributed by atoms with Crippen molar-refractivity contribution >= 4 is 23.9 Å². The maximum atomic E-state index is 12.8. The monoisotopic (exact) mass is 427 g/mol. The molecule has 0 saturated carbocycles. The lowest BCUT2D eigenvalue weighted by molar-refractivity contribution is -0.156. The molecule has 0 spiro atoms. The molecule has 0 saturated heterocycles. The number of hydrogen-bond acceptors (Lipinski definition) is 6. The molecule has 0 radical (unpaired) electrons. The number of likely N-dealkylation sites (N-methyl/N-ethyl adjacent to an activating group) is 3. The maximum absolute atomic E-state index is 12.8. The summed E-state index contributed by atoms with van der Waals surface area (Å²) < 4.78 is 10.1. The molecule has 0 aromatic carbocycles. The van der Waals surface area contributed by atoms with Crippen molar-refractivity contribution in [3.05, 3.63) is 12.7 Å². The number of carbonyl (C=O) groups excluding carboxylic acids is 4. The summed E-state index contributed by atoms with van der Waals surface area (Å²) in [5.74, 6) is -1.33. The van der Waals surface area contributed by atoms with Gasteiger partial charge in [-0.05, 0) is 27.2 Å². The van der Waals surface area contributed by atoms with Crippen LogP contribution >= 0.6 is 0 Å². The molecule has 0 aliphatic rings. The minimum absolute atomic E-state index is 0.0338. The number of esters is 1. The van der Waals surface area contributed by atoms with E-state index in [2.05, 4.69) is 13.5 Å². The van der Waals surface area contributed by atoms with Gasteiger partial charge in [0.2, 0.25) is 11.8 Å². The lowest BCUT2D eigenvalue weighted by Gasteiger charge is -2.33. The lowest BCUT2D eigenvalue weighted by Crippen LogP contribution is -2.54. The fourth-order valence-electron chi connectivity index (χ4n) is 2.50. The van der Waals surface area contributed by atoms with Gasteiger partial charge >= 0.3 is 12.1 Å². The van der Waals surface area contributed by atoms with Gasteiger partial charge in [-0.25, -0.2) is 9.59 Å². The standard InChI is InChI=1S/C21H37N3O6/c1-9-11-12-14-29-20(27)17(5)23(7)18(25)15(3)22(6)19(26)16(4)24(8)21(28)30-13-10-2/h10,15-17H,2,9,11-14H2,1,3-8H3. The van der Waals surface area contributed by atoms with Gasteiger partial charge in [0.05, 0.1) is 6.61 Å². The van der Waals surface area contributed by atoms with Crippen LogP contribution in [0.15, 0.2) is 12.7 Å². The summed E-state index contributed by atoms with van der Waals surface area (Å²) in [4.78, 5) is 53.3. The molecule has 3 atom stereocenters. The summed E-state index contributed by atoms with van der Waals surface area (Å²) in [7, 11) is 4.42. The normalized spacial score (nSPS) is 13.4. The number of hydrogen-bond donors (Lipinski definition) is 0. The Bertz CT molecular complexity index is 610. The Hall–Kier alpha value is -2.58. The molecule has 172 valence electrons. The Morgan fingerprint density at radius 1 is 0.833 bits per heavy atom. The zero-order valence-corrected chi connectivity index (χ0v) is 19.3. The number of nitrogens with zero attached hydrogens (tertiary/aromatic N) is 3. The minimum atomic E-state index is -0.839. The first-order valence-corrected chi connectivity index (χ1v) is 10.2. The molecule has 0 fully saturated rings. The average molecular weight is 428 g/mol. The van der Waals surface area contributed by atoms with Crippen LogP contribution in [-0.4, -0.2) is 91.1 Å². The average Bonchev–Trinajstić information content (AvgIpc) is 2.75. The molecule has 0 aromatic rings. The molecule has 9 nitrogen and oxygen atoms in total. The molecule has 3 unspecified atom stereocenters. The molecule has 0 heterocycles. The highest BCUT2D eigenvalue weighted by Gasteiger charge is 2.34. The number of carbonyl (C=O) groups is 4. The van der Waals surface area contributed by atoms with Gasteiger partial charge in [-0.3, -0.25) is 14.5 Å². The number of ether oxygens (including phenoxy) is 2. The highest BCUT2D eigenvalue weighted by Crippen LogP contribution is 2.10. The van der Waals surface area contributed by atoms with Crippen LogP contribution in [0.25, 0.3) is 0 Å². The first kappa shape index (κ1) is 27.4. The van der Waals surface area contributed by atoms with E-state index in [9.17, 15) is 19.2 Å². The first-order valence-electron chi connectivity index (χ1n) is 10.2. The molecule has 0 aliphatic heterocycles. The molecule has 30 heavy (non-hydrogen) atoms. The van der Waals surface area contributed by atoms with Crippen molar-refractivity contribution in [2.24, 2.45) is 0 Å². The number of rotatable bonds is 12. The second-order valence-electron chi connectivity index (χ2n) is 7.28. The maximum Gasteiger partial charge on any atom is 0.410 e. The van der Waals surface area contributed by atoms with Gasteiger partial charge in [0.15, 0.2) is 0 Å². The Labute approximate surface area is 180 Å². The number of amides is 3. The summed E-state index contributed by atoms with van der Waals surface area (Å²) in [6.07, 6.45) is 3.52. The third-order valence-corrected chi connectivity index (χ3v) is 5.10. The smallest absolute Gasteiger partial charge is 0.410 e. The van der Waals surface area contributed by atoms with E-state index in [-0.39, 0.29) is 6.61 Å². The quantitative estimate of drug-likeness (QED) is 0.269. The highest BCUT2D eigenvalue weighted by molar-refractivity contribution is 5.92. The topological polar surface area (TPSA) is 96.5 Å². The molecular weight excluding hydrogens is 390 g/mol. The van der Waals surface area contributed by atoms with Crippen LogP contribution in [0.4, 0.5) is 4.79 Å². The summed E-state index contributed by atoms with van der Waals surface area (Å²) >= 11 is 0. The molecule has 0 bridgehead atoms. The third kappa shape index (κ3) is 8.04. The Morgan fingerprint density at radius 3 is 1.83 bits per heavy atom. The Kier molecular flexibility index (Phi) is 12.4. The summed E-state index contributed by atoms with van der Waals surface area (Å²) in [5, 5.41) is 0. The van der Waals surface area contributed by atoms with Crippen molar-refractivity contribution < 1.29 is 28.7 Å². The van der Waals surface area contributed by atoms with E-state index < -0.39 is 42.0 Å². The van der Waals surface area contributed by atoms with E-state index in [4.69, 9.17) is 9.47 Å². The number of unbranched alkanes of at least 4 members (excludes halogenated alkanes) is 2. The van der Waals surface area contributed by atoms with Gasteiger partial charge in [-0.15, -0.1) is 0 Å². The van der Waals surface area contributed by atoms with Crippen molar-refractivity contribution in [2.75, 3.05) is 34.4 Å². The highest BCUT2D eigenvalue weighted by atomic mass is 16.6. The predicted molar refractivity (Wildman–Crippen MR) is 114 cm³/mol. The van der Waals surface area contributed by atoms with Crippen molar-refractivity contribution in [1.29, 1.82) is 0 Å². The summed E-state index contributed by atoms with van der Waals surface area (Å²) in [6.45, 7) is 10.6. The molecule has 0 aliphatic carbocycles. The van der Waals surface area contributed by atoms with Crippen LogP contribution in [0.2, 0.25) is 0 Å². The van der Waals surface area contributed by atoms with Gasteiger partial charge in [-0.1, -0.05) is 32.4 Å². The van der Waals surface area contributed by atoms with Gasteiger partial charge in [0.25, 0.3) is 0 Å². The van der Waals surface area contributed by atoms with Crippen LogP contribution in [0, 0.1) is 0 Å². The SMILES string of the molecule is C=CCOC(=O)N(C)C(C)C(=O)N(C)C(C)C(=O)N(C)C(C)C(=O)OCCCCC. The molecule has 0 rings (SSSR count). The van der Waals surface area contributed by atoms with Crippen LogP contribution in [0.1, 0.15) is 47.0 Å². The van der Waals surface area contributed by atoms with Gasteiger partial charge < -0.3 is 19.3 Å². The zero-order valence-electron chi connectivity index (χ0n) is 19.3. The fraction of sp³-hybridized carbons (Fsp3) is 0.714. The van der Waals surface area contributed by atoms with E-state index >= 15 is 0 Å². The summed E-state index contributed by atoms with van der Waals surface area (Å²) in [5.41, 5.74) is 0. The van der Waals surface area contributed by atoms with E-state index in [0.29, 0.717) is 6.61 Å². The Balaban J connectivity index is 4.92. The van der Waals surface area contributed by atoms with Crippen molar-refractivity contribution in [2.45, 2.75) is 65.1 Å². The third-order valence-electron chi connectivity index (χ3n) is 5.10. The van der Waals surface area contributed by atoms with Gasteiger partial charge in [-0.2, -0.15) is 0 Å². The first-order chi connectivity index (χ1) is 14.0. The largest absolute Gasteiger partial charge is 0.464 e. The van der Waals surface area contributed by atoms with Crippen LogP contribution in [0.5, 0.6) is 0 Å². The van der Waals surface area contributed by atoms with E-state index in [0.717, 1.165) is 24.2 Å². The molecule has 0 N–H and O–H groups in total. The molecule has 9 heteroatoms. The van der Waals surface area contributed by atoms with E-state index in [1.807, 2.05) is 0 Å². The van der Waals surface area contributed by atoms with Crippen molar-refractivity contribution in [3.63, 3.8) is 0 Å². The molecule has 0 aromatic heterocycles. The van der Waals surface area contributed by atoms with Gasteiger partial charge in [0.1, 0.15) is 24.7 Å². The minimum Gasteiger partial charge on any atom is -0.464 e. The zero-order chi connectivity index (χ0) is 23.4. The fourth-order valence-corrected chi connectivity index (χ4v) is 2.50. The van der Waals surface area contributed by atoms with E-state index in [1.54, 1.807) is 20.8 Å². The molecular formula is C21H37N3O6. The van der Waals surface area contributed by atoms with Crippen LogP contribution < -0.4 is 0 Å².